The molecule has 0 radical (unpaired) electrons. The Kier molecular flexibility index (Phi) is 5.98. The van der Waals surface area contributed by atoms with Crippen LogP contribution in [-0.2, 0) is 0 Å². The van der Waals surface area contributed by atoms with E-state index in [-0.39, 0.29) is 0 Å². The number of pyridine rings is 1. The predicted molar refractivity (Wildman–Crippen MR) is 71.6 cm³/mol. The molecule has 0 saturated heterocycles. The highest BCUT2D eigenvalue weighted by Crippen LogP contribution is 2.23. The van der Waals surface area contributed by atoms with Crippen molar-refractivity contribution >= 4 is 0 Å². The molecule has 1 aromatic heterocycles. The van der Waals surface area contributed by atoms with E-state index in [1.54, 1.807) is 6.20 Å². The Morgan fingerprint density at radius 3 is 2.76 bits per heavy atom. The minimum absolute atomic E-state index is 0.495. The van der Waals surface area contributed by atoms with E-state index >= 15 is 0 Å². The highest BCUT2D eigenvalue weighted by atomic mass is 16.5. The van der Waals surface area contributed by atoms with Crippen molar-refractivity contribution in [1.82, 2.24) is 10.3 Å². The fourth-order valence-corrected chi connectivity index (χ4v) is 1.79. The molecular weight excluding hydrogens is 212 g/mol. The van der Waals surface area contributed by atoms with Crippen molar-refractivity contribution in [2.45, 2.75) is 45.6 Å². The molecule has 1 heterocycles. The maximum absolute atomic E-state index is 5.60. The maximum Gasteiger partial charge on any atom is 0.137 e. The molecule has 2 atom stereocenters. The lowest BCUT2D eigenvalue weighted by Gasteiger charge is -2.17. The van der Waals surface area contributed by atoms with Crippen LogP contribution in [0.15, 0.2) is 18.5 Å². The number of ether oxygens (including phenoxy) is 1. The summed E-state index contributed by atoms with van der Waals surface area (Å²) in [7, 11) is 2.00. The Balaban J connectivity index is 2.63. The maximum atomic E-state index is 5.60. The van der Waals surface area contributed by atoms with Crippen molar-refractivity contribution in [3.05, 3.63) is 24.0 Å². The number of nitrogens with one attached hydrogen (secondary N) is 1. The summed E-state index contributed by atoms with van der Waals surface area (Å²) in [4.78, 5) is 4.25. The normalized spacial score (nSPS) is 14.4. The van der Waals surface area contributed by atoms with Crippen LogP contribution in [0.1, 0.15) is 45.1 Å². The second-order valence-electron chi connectivity index (χ2n) is 4.63. The molecular formula is C14H24N2O. The van der Waals surface area contributed by atoms with Crippen molar-refractivity contribution in [3.8, 4) is 5.75 Å². The number of hydrogen-bond donors (Lipinski definition) is 1. The Morgan fingerprint density at radius 2 is 2.12 bits per heavy atom. The molecule has 2 unspecified atom stereocenters. The van der Waals surface area contributed by atoms with E-state index in [9.17, 15) is 0 Å². The summed E-state index contributed by atoms with van der Waals surface area (Å²) in [5, 5.41) is 3.26. The zero-order chi connectivity index (χ0) is 12.7. The van der Waals surface area contributed by atoms with Crippen LogP contribution in [0.4, 0.5) is 0 Å². The highest BCUT2D eigenvalue weighted by Gasteiger charge is 2.10. The van der Waals surface area contributed by atoms with E-state index in [1.165, 1.54) is 5.56 Å². The van der Waals surface area contributed by atoms with Crippen molar-refractivity contribution in [3.63, 3.8) is 0 Å². The van der Waals surface area contributed by atoms with Crippen LogP contribution >= 0.6 is 0 Å². The Labute approximate surface area is 105 Å². The number of rotatable bonds is 7. The third kappa shape index (κ3) is 4.73. The van der Waals surface area contributed by atoms with Gasteiger partial charge in [0.25, 0.3) is 0 Å². The molecule has 0 amide bonds. The first-order chi connectivity index (χ1) is 8.17. The second kappa shape index (κ2) is 7.28. The van der Waals surface area contributed by atoms with E-state index in [1.807, 2.05) is 13.2 Å². The minimum Gasteiger partial charge on any atom is -0.492 e. The van der Waals surface area contributed by atoms with Gasteiger partial charge < -0.3 is 10.1 Å². The highest BCUT2D eigenvalue weighted by molar-refractivity contribution is 5.26. The fraction of sp³-hybridized carbons (Fsp3) is 0.643. The van der Waals surface area contributed by atoms with Gasteiger partial charge in [-0.1, -0.05) is 13.8 Å². The molecule has 0 aliphatic heterocycles. The monoisotopic (exact) mass is 236 g/mol. The molecule has 1 rings (SSSR count). The average Bonchev–Trinajstić information content (AvgIpc) is 2.36. The largest absolute Gasteiger partial charge is 0.492 e. The average molecular weight is 236 g/mol. The lowest BCUT2D eigenvalue weighted by atomic mass is 9.96. The first kappa shape index (κ1) is 14.0. The van der Waals surface area contributed by atoms with Gasteiger partial charge in [-0.05, 0) is 44.4 Å². The Morgan fingerprint density at radius 1 is 1.35 bits per heavy atom. The van der Waals surface area contributed by atoms with Crippen LogP contribution in [0.3, 0.4) is 0 Å². The van der Waals surface area contributed by atoms with Gasteiger partial charge in [-0.25, -0.2) is 0 Å². The summed E-state index contributed by atoms with van der Waals surface area (Å²) in [5.74, 6) is 1.38. The third-order valence-electron chi connectivity index (χ3n) is 2.98. The molecule has 0 aliphatic carbocycles. The molecule has 0 aromatic carbocycles. The van der Waals surface area contributed by atoms with E-state index < -0.39 is 0 Å². The standard InChI is InChI=1S/C14H24N2O/c1-5-6-17-14-8-13(9-16-10-14)11(2)7-12(3)15-4/h8-12,15H,5-7H2,1-4H3. The fourth-order valence-electron chi connectivity index (χ4n) is 1.79. The predicted octanol–water partition coefficient (Wildman–Crippen LogP) is 2.97. The summed E-state index contributed by atoms with van der Waals surface area (Å²) in [5.41, 5.74) is 1.25. The zero-order valence-corrected chi connectivity index (χ0v) is 11.4. The summed E-state index contributed by atoms with van der Waals surface area (Å²) < 4.78 is 5.60. The molecule has 1 aromatic rings. The molecule has 1 N–H and O–H groups in total. The molecule has 96 valence electrons. The molecule has 0 bridgehead atoms. The molecule has 0 spiro atoms. The van der Waals surface area contributed by atoms with Crippen LogP contribution in [0.25, 0.3) is 0 Å². The smallest absolute Gasteiger partial charge is 0.137 e. The molecule has 17 heavy (non-hydrogen) atoms. The minimum atomic E-state index is 0.495. The number of aromatic nitrogens is 1. The lowest BCUT2D eigenvalue weighted by molar-refractivity contribution is 0.315. The zero-order valence-electron chi connectivity index (χ0n) is 11.4. The molecule has 3 nitrogen and oxygen atoms in total. The molecule has 0 saturated carbocycles. The number of hydrogen-bond acceptors (Lipinski definition) is 3. The van der Waals surface area contributed by atoms with Crippen molar-refractivity contribution in [1.29, 1.82) is 0 Å². The summed E-state index contributed by atoms with van der Waals surface area (Å²) in [6.07, 6.45) is 5.85. The second-order valence-corrected chi connectivity index (χ2v) is 4.63. The quantitative estimate of drug-likeness (QED) is 0.790. The molecule has 0 fully saturated rings. The van der Waals surface area contributed by atoms with Crippen LogP contribution in [-0.4, -0.2) is 24.7 Å². The van der Waals surface area contributed by atoms with Crippen LogP contribution in [0.5, 0.6) is 5.75 Å². The SMILES string of the molecule is CCCOc1cncc(C(C)CC(C)NC)c1. The Hall–Kier alpha value is -1.09. The first-order valence-corrected chi connectivity index (χ1v) is 6.42. The number of nitrogens with zero attached hydrogens (tertiary/aromatic N) is 1. The first-order valence-electron chi connectivity index (χ1n) is 6.42. The topological polar surface area (TPSA) is 34.1 Å². The van der Waals surface area contributed by atoms with Crippen LogP contribution in [0.2, 0.25) is 0 Å². The van der Waals surface area contributed by atoms with Gasteiger partial charge in [0.05, 0.1) is 12.8 Å². The van der Waals surface area contributed by atoms with E-state index in [4.69, 9.17) is 4.74 Å². The van der Waals surface area contributed by atoms with Gasteiger partial charge in [-0.2, -0.15) is 0 Å². The Bertz CT molecular complexity index is 328. The van der Waals surface area contributed by atoms with Crippen LogP contribution < -0.4 is 10.1 Å². The summed E-state index contributed by atoms with van der Waals surface area (Å²) >= 11 is 0. The van der Waals surface area contributed by atoms with Gasteiger partial charge in [-0.15, -0.1) is 0 Å². The van der Waals surface area contributed by atoms with Gasteiger partial charge in [0.15, 0.2) is 0 Å². The van der Waals surface area contributed by atoms with Crippen molar-refractivity contribution < 1.29 is 4.74 Å². The van der Waals surface area contributed by atoms with E-state index in [2.05, 4.69) is 37.1 Å². The van der Waals surface area contributed by atoms with Crippen LogP contribution in [0, 0.1) is 0 Å². The lowest BCUT2D eigenvalue weighted by Crippen LogP contribution is -2.22. The van der Waals surface area contributed by atoms with Crippen molar-refractivity contribution in [2.75, 3.05) is 13.7 Å². The molecule has 0 aliphatic rings. The van der Waals surface area contributed by atoms with Gasteiger partial charge in [0.2, 0.25) is 0 Å². The van der Waals surface area contributed by atoms with Gasteiger partial charge in [0, 0.05) is 12.2 Å². The van der Waals surface area contributed by atoms with Gasteiger partial charge >= 0.3 is 0 Å². The summed E-state index contributed by atoms with van der Waals surface area (Å²) in [6, 6.07) is 2.63. The third-order valence-corrected chi connectivity index (χ3v) is 2.98. The summed E-state index contributed by atoms with van der Waals surface area (Å²) in [6.45, 7) is 7.29. The van der Waals surface area contributed by atoms with Crippen molar-refractivity contribution in [2.24, 2.45) is 0 Å². The van der Waals surface area contributed by atoms with E-state index in [0.717, 1.165) is 25.2 Å². The van der Waals surface area contributed by atoms with Gasteiger partial charge in [-0.3, -0.25) is 4.98 Å². The van der Waals surface area contributed by atoms with E-state index in [0.29, 0.717) is 12.0 Å². The van der Waals surface area contributed by atoms with Gasteiger partial charge in [0.1, 0.15) is 5.75 Å². The molecule has 3 heteroatoms.